The molecule has 3 rings (SSSR count). The van der Waals surface area contributed by atoms with Gasteiger partial charge in [0, 0.05) is 38.6 Å². The Bertz CT molecular complexity index is 613. The van der Waals surface area contributed by atoms with Crippen molar-refractivity contribution in [1.29, 1.82) is 0 Å². The molecule has 6 heteroatoms. The van der Waals surface area contributed by atoms with Crippen molar-refractivity contribution in [1.82, 2.24) is 14.4 Å². The number of ether oxygens (including phenoxy) is 1. The molecule has 0 unspecified atom stereocenters. The van der Waals surface area contributed by atoms with Crippen LogP contribution in [0.25, 0.3) is 0 Å². The molecule has 0 radical (unpaired) electrons. The van der Waals surface area contributed by atoms with Crippen LogP contribution in [0.3, 0.4) is 0 Å². The Kier molecular flexibility index (Phi) is 5.66. The number of methoxy groups -OCH3 is 1. The summed E-state index contributed by atoms with van der Waals surface area (Å²) in [7, 11) is 3.44. The fraction of sp³-hybridized carbons (Fsp3) is 0.684. The van der Waals surface area contributed by atoms with E-state index in [9.17, 15) is 9.59 Å². The largest absolute Gasteiger partial charge is 0.453 e. The van der Waals surface area contributed by atoms with Crippen molar-refractivity contribution < 1.29 is 14.3 Å². The summed E-state index contributed by atoms with van der Waals surface area (Å²) in [5, 5.41) is 0. The highest BCUT2D eigenvalue weighted by Gasteiger charge is 2.35. The summed E-state index contributed by atoms with van der Waals surface area (Å²) < 4.78 is 6.96. The molecule has 2 atom stereocenters. The summed E-state index contributed by atoms with van der Waals surface area (Å²) in [6.07, 6.45) is 7.81. The van der Waals surface area contributed by atoms with Crippen LogP contribution in [0.4, 0.5) is 4.79 Å². The average Bonchev–Trinajstić information content (AvgIpc) is 2.92. The molecule has 138 valence electrons. The van der Waals surface area contributed by atoms with Crippen molar-refractivity contribution in [3.8, 4) is 0 Å². The number of carbonyl (C=O) groups excluding carboxylic acids is 2. The fourth-order valence-electron chi connectivity index (χ4n) is 4.21. The van der Waals surface area contributed by atoms with Gasteiger partial charge in [0.05, 0.1) is 19.1 Å². The van der Waals surface area contributed by atoms with Crippen molar-refractivity contribution in [3.05, 3.63) is 24.0 Å². The second kappa shape index (κ2) is 7.93. The lowest BCUT2D eigenvalue weighted by Crippen LogP contribution is -2.47. The molecule has 0 N–H and O–H groups in total. The standard InChI is InChI=1S/C19H29N3O3/c1-20-11-7-10-16(20)17-9-4-3-5-13-22(17)18(23)15-8-6-12-21(14-15)19(24)25-2/h7,10-11,15,17H,3-6,8-9,12-14H2,1-2H3/t15-,17+/m0/s1. The van der Waals surface area contributed by atoms with E-state index in [1.807, 2.05) is 19.3 Å². The second-order valence-electron chi connectivity index (χ2n) is 7.20. The highest BCUT2D eigenvalue weighted by atomic mass is 16.5. The molecule has 3 heterocycles. The van der Waals surface area contributed by atoms with Crippen LogP contribution in [-0.2, 0) is 16.6 Å². The highest BCUT2D eigenvalue weighted by molar-refractivity contribution is 5.80. The van der Waals surface area contributed by atoms with E-state index in [1.54, 1.807) is 4.90 Å². The van der Waals surface area contributed by atoms with Gasteiger partial charge >= 0.3 is 6.09 Å². The van der Waals surface area contributed by atoms with E-state index in [-0.39, 0.29) is 24.0 Å². The number of aryl methyl sites for hydroxylation is 1. The van der Waals surface area contributed by atoms with Crippen LogP contribution in [0, 0.1) is 5.92 Å². The third-order valence-electron chi connectivity index (χ3n) is 5.56. The maximum Gasteiger partial charge on any atom is 0.409 e. The van der Waals surface area contributed by atoms with Crippen LogP contribution in [0.15, 0.2) is 18.3 Å². The summed E-state index contributed by atoms with van der Waals surface area (Å²) in [6, 6.07) is 4.31. The normalized spacial score (nSPS) is 24.7. The monoisotopic (exact) mass is 347 g/mol. The number of amides is 2. The van der Waals surface area contributed by atoms with Crippen molar-refractivity contribution in [2.75, 3.05) is 26.7 Å². The third kappa shape index (κ3) is 3.83. The van der Waals surface area contributed by atoms with Gasteiger partial charge in [-0.25, -0.2) is 4.79 Å². The first kappa shape index (κ1) is 17.8. The smallest absolute Gasteiger partial charge is 0.409 e. The van der Waals surface area contributed by atoms with Crippen LogP contribution in [0.5, 0.6) is 0 Å². The number of likely N-dealkylation sites (tertiary alicyclic amines) is 2. The van der Waals surface area contributed by atoms with Gasteiger partial charge in [-0.3, -0.25) is 4.79 Å². The quantitative estimate of drug-likeness (QED) is 0.826. The van der Waals surface area contributed by atoms with E-state index in [0.29, 0.717) is 13.1 Å². The number of hydrogen-bond donors (Lipinski definition) is 0. The molecular weight excluding hydrogens is 318 g/mol. The molecule has 1 aromatic rings. The second-order valence-corrected chi connectivity index (χ2v) is 7.20. The van der Waals surface area contributed by atoms with Crippen LogP contribution < -0.4 is 0 Å². The molecule has 6 nitrogen and oxygen atoms in total. The number of piperidine rings is 1. The number of hydrogen-bond acceptors (Lipinski definition) is 3. The van der Waals surface area contributed by atoms with E-state index in [1.165, 1.54) is 19.2 Å². The van der Waals surface area contributed by atoms with Gasteiger partial charge in [0.1, 0.15) is 0 Å². The van der Waals surface area contributed by atoms with E-state index in [0.717, 1.165) is 38.6 Å². The van der Waals surface area contributed by atoms with Crippen molar-refractivity contribution in [3.63, 3.8) is 0 Å². The maximum atomic E-state index is 13.3. The molecule has 0 aromatic carbocycles. The molecule has 2 aliphatic heterocycles. The SMILES string of the molecule is COC(=O)N1CCC[C@H](C(=O)N2CCCCC[C@@H]2c2cccn2C)C1. The summed E-state index contributed by atoms with van der Waals surface area (Å²) in [5.74, 6) is 0.0791. The van der Waals surface area contributed by atoms with Gasteiger partial charge in [0.25, 0.3) is 0 Å². The minimum absolute atomic E-state index is 0.117. The molecule has 0 spiro atoms. The Morgan fingerprint density at radius 3 is 2.68 bits per heavy atom. The Labute approximate surface area is 149 Å². The molecular formula is C19H29N3O3. The molecule has 2 aliphatic rings. The molecule has 2 fully saturated rings. The van der Waals surface area contributed by atoms with Crippen LogP contribution in [0.2, 0.25) is 0 Å². The lowest BCUT2D eigenvalue weighted by Gasteiger charge is -2.37. The first-order valence-electron chi connectivity index (χ1n) is 9.36. The van der Waals surface area contributed by atoms with Crippen LogP contribution in [0.1, 0.15) is 50.3 Å². The van der Waals surface area contributed by atoms with E-state index in [4.69, 9.17) is 4.74 Å². The molecule has 0 bridgehead atoms. The fourth-order valence-corrected chi connectivity index (χ4v) is 4.21. The first-order chi connectivity index (χ1) is 12.1. The van der Waals surface area contributed by atoms with Gasteiger partial charge in [-0.1, -0.05) is 12.8 Å². The molecule has 1 aromatic heterocycles. The van der Waals surface area contributed by atoms with E-state index >= 15 is 0 Å². The van der Waals surface area contributed by atoms with Crippen molar-refractivity contribution in [2.45, 2.75) is 44.6 Å². The molecule has 25 heavy (non-hydrogen) atoms. The highest BCUT2D eigenvalue weighted by Crippen LogP contribution is 2.32. The van der Waals surface area contributed by atoms with Gasteiger partial charge in [-0.15, -0.1) is 0 Å². The number of nitrogens with zero attached hydrogens (tertiary/aromatic N) is 3. The number of rotatable bonds is 2. The summed E-state index contributed by atoms with van der Waals surface area (Å²) in [5.41, 5.74) is 1.20. The summed E-state index contributed by atoms with van der Waals surface area (Å²) in [4.78, 5) is 28.9. The lowest BCUT2D eigenvalue weighted by molar-refractivity contribution is -0.139. The van der Waals surface area contributed by atoms with E-state index < -0.39 is 0 Å². The van der Waals surface area contributed by atoms with Crippen LogP contribution >= 0.6 is 0 Å². The predicted molar refractivity (Wildman–Crippen MR) is 95.0 cm³/mol. The average molecular weight is 347 g/mol. The molecule has 2 saturated heterocycles. The Morgan fingerprint density at radius 2 is 1.96 bits per heavy atom. The Morgan fingerprint density at radius 1 is 1.12 bits per heavy atom. The molecule has 0 aliphatic carbocycles. The number of carbonyl (C=O) groups is 2. The maximum absolute atomic E-state index is 13.3. The third-order valence-corrected chi connectivity index (χ3v) is 5.56. The van der Waals surface area contributed by atoms with Crippen molar-refractivity contribution in [2.24, 2.45) is 13.0 Å². The summed E-state index contributed by atoms with van der Waals surface area (Å²) >= 11 is 0. The van der Waals surface area contributed by atoms with Gasteiger partial charge in [0.15, 0.2) is 0 Å². The predicted octanol–water partition coefficient (Wildman–Crippen LogP) is 2.95. The zero-order valence-electron chi connectivity index (χ0n) is 15.3. The summed E-state index contributed by atoms with van der Waals surface area (Å²) in [6.45, 7) is 1.96. The zero-order chi connectivity index (χ0) is 17.8. The topological polar surface area (TPSA) is 54.8 Å². The van der Waals surface area contributed by atoms with E-state index in [2.05, 4.69) is 15.5 Å². The van der Waals surface area contributed by atoms with Gasteiger partial charge in [0.2, 0.25) is 5.91 Å². The van der Waals surface area contributed by atoms with Gasteiger partial charge in [-0.2, -0.15) is 0 Å². The minimum Gasteiger partial charge on any atom is -0.453 e. The van der Waals surface area contributed by atoms with Crippen molar-refractivity contribution >= 4 is 12.0 Å². The lowest BCUT2D eigenvalue weighted by atomic mass is 9.95. The number of aromatic nitrogens is 1. The minimum atomic E-state index is -0.327. The first-order valence-corrected chi connectivity index (χ1v) is 9.36. The Hall–Kier alpha value is -1.98. The zero-order valence-corrected chi connectivity index (χ0v) is 15.3. The Balaban J connectivity index is 1.78. The molecule has 2 amide bonds. The molecule has 0 saturated carbocycles. The van der Waals surface area contributed by atoms with Gasteiger partial charge in [-0.05, 0) is 37.8 Å². The van der Waals surface area contributed by atoms with Gasteiger partial charge < -0.3 is 19.1 Å². The van der Waals surface area contributed by atoms with Crippen LogP contribution in [-0.4, -0.2) is 53.1 Å².